The lowest BCUT2D eigenvalue weighted by molar-refractivity contribution is -0.621. The molecule has 9 heteroatoms. The monoisotopic (exact) mass is 227 g/mol. The van der Waals surface area contributed by atoms with E-state index in [1.165, 1.54) is 6.26 Å². The minimum absolute atomic E-state index is 0.174. The van der Waals surface area contributed by atoms with Crippen molar-refractivity contribution in [3.63, 3.8) is 0 Å². The summed E-state index contributed by atoms with van der Waals surface area (Å²) in [5, 5.41) is 9.85. The molecule has 0 aliphatic heterocycles. The van der Waals surface area contributed by atoms with Crippen LogP contribution in [0, 0.1) is 10.1 Å². The maximum Gasteiger partial charge on any atom is 0.252 e. The molecular weight excluding hydrogens is 218 g/mol. The van der Waals surface area contributed by atoms with Crippen molar-refractivity contribution >= 4 is 27.0 Å². The summed E-state index contributed by atoms with van der Waals surface area (Å²) in [5.74, 6) is 0. The first kappa shape index (κ1) is 12.2. The first-order chi connectivity index (χ1) is 5.78. The van der Waals surface area contributed by atoms with Crippen LogP contribution in [0.2, 0.25) is 0 Å². The summed E-state index contributed by atoms with van der Waals surface area (Å²) in [4.78, 5) is 10.2. The Balaban J connectivity index is 4.92. The Bertz CT molecular complexity index is 322. The van der Waals surface area contributed by atoms with Crippen LogP contribution in [-0.4, -0.2) is 43.2 Å². The molecule has 0 unspecified atom stereocenters. The summed E-state index contributed by atoms with van der Waals surface area (Å²) in [6, 6.07) is 0. The lowest BCUT2D eigenvalue weighted by atomic mass is 11.1. The van der Waals surface area contributed by atoms with E-state index in [1.54, 1.807) is 0 Å². The second kappa shape index (κ2) is 4.42. The van der Waals surface area contributed by atoms with Crippen LogP contribution in [0.3, 0.4) is 0 Å². The fourth-order valence-corrected chi connectivity index (χ4v) is 1.88. The zero-order valence-corrected chi connectivity index (χ0v) is 8.92. The molecule has 0 aliphatic rings. The lowest BCUT2D eigenvalue weighted by Crippen LogP contribution is -2.30. The maximum atomic E-state index is 10.7. The predicted molar refractivity (Wildman–Crippen MR) is 50.6 cm³/mol. The van der Waals surface area contributed by atoms with Gasteiger partial charge in [0.1, 0.15) is 0 Å². The number of amidine groups is 1. The van der Waals surface area contributed by atoms with E-state index in [9.17, 15) is 18.5 Å². The number of thioether (sulfide) groups is 1. The molecular formula is C4H9N3O4S2. The second-order valence-electron chi connectivity index (χ2n) is 2.07. The molecule has 0 rings (SSSR count). The predicted octanol–water partition coefficient (Wildman–Crippen LogP) is -0.211. The van der Waals surface area contributed by atoms with E-state index < -0.39 is 15.1 Å². The summed E-state index contributed by atoms with van der Waals surface area (Å²) < 4.78 is 24.5. The van der Waals surface area contributed by atoms with Crippen LogP contribution in [0.25, 0.3) is 0 Å². The summed E-state index contributed by atoms with van der Waals surface area (Å²) in [6.07, 6.45) is 2.38. The largest absolute Gasteiger partial charge is 0.252 e. The Kier molecular flexibility index (Phi) is 4.14. The fourth-order valence-electron chi connectivity index (χ4n) is 0.440. The van der Waals surface area contributed by atoms with Gasteiger partial charge in [-0.3, -0.25) is 0 Å². The zero-order chi connectivity index (χ0) is 10.6. The van der Waals surface area contributed by atoms with Crippen molar-refractivity contribution < 1.29 is 13.5 Å². The number of sulfonamides is 1. The van der Waals surface area contributed by atoms with Crippen LogP contribution in [-0.2, 0) is 10.0 Å². The van der Waals surface area contributed by atoms with Gasteiger partial charge < -0.3 is 0 Å². The molecule has 0 heterocycles. The number of hydrogen-bond acceptors (Lipinski definition) is 5. The third-order valence-electron chi connectivity index (χ3n) is 0.948. The Labute approximate surface area is 80.0 Å². The number of nitro groups is 1. The number of hydrazine groups is 1. The molecule has 0 bridgehead atoms. The van der Waals surface area contributed by atoms with Gasteiger partial charge in [-0.25, -0.2) is 18.5 Å². The quantitative estimate of drug-likeness (QED) is 0.280. The second-order valence-corrected chi connectivity index (χ2v) is 4.49. The van der Waals surface area contributed by atoms with E-state index >= 15 is 0 Å². The highest BCUT2D eigenvalue weighted by molar-refractivity contribution is 8.13. The number of hydrogen-bond donors (Lipinski definition) is 0. The molecule has 76 valence electrons. The van der Waals surface area contributed by atoms with Crippen LogP contribution in [0.5, 0.6) is 0 Å². The average molecular weight is 227 g/mol. The molecule has 0 atom stereocenters. The van der Waals surface area contributed by atoms with Crippen LogP contribution in [0.4, 0.5) is 0 Å². The fraction of sp³-hybridized carbons (Fsp3) is 0.750. The summed E-state index contributed by atoms with van der Waals surface area (Å²) >= 11 is 0.888. The van der Waals surface area contributed by atoms with Gasteiger partial charge in [-0.05, 0) is 6.26 Å². The van der Waals surface area contributed by atoms with Crippen molar-refractivity contribution in [2.24, 2.45) is 4.40 Å². The molecule has 0 N–H and O–H groups in total. The summed E-state index contributed by atoms with van der Waals surface area (Å²) in [7, 11) is -2.47. The van der Waals surface area contributed by atoms with E-state index in [1.807, 2.05) is 0 Å². The minimum Gasteiger partial charge on any atom is -0.234 e. The molecule has 13 heavy (non-hydrogen) atoms. The molecule has 0 saturated heterocycles. The van der Waals surface area contributed by atoms with Gasteiger partial charge in [0.15, 0.2) is 5.03 Å². The molecule has 0 fully saturated rings. The third-order valence-corrected chi connectivity index (χ3v) is 2.29. The molecule has 0 aromatic carbocycles. The molecule has 0 spiro atoms. The van der Waals surface area contributed by atoms with Gasteiger partial charge in [-0.15, -0.1) is 4.40 Å². The Morgan fingerprint density at radius 1 is 1.62 bits per heavy atom. The number of rotatable bonds is 2. The zero-order valence-electron chi connectivity index (χ0n) is 7.29. The van der Waals surface area contributed by atoms with E-state index in [0.717, 1.165) is 25.1 Å². The lowest BCUT2D eigenvalue weighted by Gasteiger charge is -2.07. The van der Waals surface area contributed by atoms with Crippen molar-refractivity contribution in [1.29, 1.82) is 0 Å². The summed E-state index contributed by atoms with van der Waals surface area (Å²) in [6.45, 7) is 0. The van der Waals surface area contributed by atoms with Gasteiger partial charge in [0, 0.05) is 0 Å². The van der Waals surface area contributed by atoms with Gasteiger partial charge in [0.25, 0.3) is 10.0 Å². The molecule has 0 radical (unpaired) electrons. The third kappa shape index (κ3) is 4.68. The molecule has 7 nitrogen and oxygen atoms in total. The SMILES string of the molecule is CSC(=NS(C)(=O)=O)N(C)[N+](=O)[O-]. The van der Waals surface area contributed by atoms with Crippen LogP contribution in [0.1, 0.15) is 0 Å². The Morgan fingerprint density at radius 3 is 2.31 bits per heavy atom. The first-order valence-electron chi connectivity index (χ1n) is 3.00. The molecule has 0 amide bonds. The van der Waals surface area contributed by atoms with Gasteiger partial charge in [0.05, 0.1) is 13.3 Å². The van der Waals surface area contributed by atoms with Crippen LogP contribution in [0.15, 0.2) is 4.40 Å². The van der Waals surface area contributed by atoms with Gasteiger partial charge in [0.2, 0.25) is 5.17 Å². The molecule has 0 saturated carbocycles. The number of nitrogens with zero attached hydrogens (tertiary/aromatic N) is 3. The standard InChI is InChI=1S/C4H9N3O4S2/c1-6(7(8)9)4(12-2)5-13(3,10)11/h1-3H3. The Morgan fingerprint density at radius 2 is 2.08 bits per heavy atom. The van der Waals surface area contributed by atoms with E-state index in [-0.39, 0.29) is 5.17 Å². The average Bonchev–Trinajstić information content (AvgIpc) is 1.97. The van der Waals surface area contributed by atoms with Crippen molar-refractivity contribution in [3.8, 4) is 0 Å². The smallest absolute Gasteiger partial charge is 0.234 e. The molecule has 0 aromatic heterocycles. The Hall–Kier alpha value is -0.830. The first-order valence-corrected chi connectivity index (χ1v) is 6.07. The van der Waals surface area contributed by atoms with Crippen LogP contribution >= 0.6 is 11.8 Å². The minimum atomic E-state index is -3.59. The van der Waals surface area contributed by atoms with Crippen LogP contribution < -0.4 is 0 Å². The highest BCUT2D eigenvalue weighted by Crippen LogP contribution is 2.05. The van der Waals surface area contributed by atoms with E-state index in [0.29, 0.717) is 5.01 Å². The topological polar surface area (TPSA) is 92.9 Å². The van der Waals surface area contributed by atoms with E-state index in [2.05, 4.69) is 4.40 Å². The van der Waals surface area contributed by atoms with Gasteiger partial charge in [-0.1, -0.05) is 16.8 Å². The van der Waals surface area contributed by atoms with Crippen molar-refractivity contribution in [1.82, 2.24) is 5.01 Å². The van der Waals surface area contributed by atoms with Crippen molar-refractivity contribution in [3.05, 3.63) is 10.1 Å². The van der Waals surface area contributed by atoms with Crippen molar-refractivity contribution in [2.45, 2.75) is 0 Å². The van der Waals surface area contributed by atoms with Crippen molar-refractivity contribution in [2.75, 3.05) is 19.6 Å². The highest BCUT2D eigenvalue weighted by atomic mass is 32.2. The molecule has 0 aromatic rings. The van der Waals surface area contributed by atoms with Gasteiger partial charge in [-0.2, -0.15) is 0 Å². The highest BCUT2D eigenvalue weighted by Gasteiger charge is 2.17. The van der Waals surface area contributed by atoms with Gasteiger partial charge >= 0.3 is 0 Å². The molecule has 0 aliphatic carbocycles. The maximum absolute atomic E-state index is 10.7. The summed E-state index contributed by atoms with van der Waals surface area (Å²) in [5.41, 5.74) is 0. The normalized spacial score (nSPS) is 12.7. The van der Waals surface area contributed by atoms with E-state index in [4.69, 9.17) is 0 Å².